The van der Waals surface area contributed by atoms with E-state index in [1.807, 2.05) is 0 Å². The molecule has 7 heteroatoms. The number of aliphatic hydroxyl groups is 1. The van der Waals surface area contributed by atoms with Gasteiger partial charge in [-0.15, -0.1) is 11.6 Å². The first kappa shape index (κ1) is 13.2. The van der Waals surface area contributed by atoms with Crippen LogP contribution < -0.4 is 0 Å². The lowest BCUT2D eigenvalue weighted by atomic mass is 10.3. The maximum absolute atomic E-state index is 12.8. The van der Waals surface area contributed by atoms with Gasteiger partial charge in [-0.2, -0.15) is 13.2 Å². The van der Waals surface area contributed by atoms with Crippen molar-refractivity contribution in [1.29, 1.82) is 0 Å². The van der Waals surface area contributed by atoms with E-state index in [-0.39, 0.29) is 17.9 Å². The molecule has 1 aromatic heterocycles. The average molecular weight is 279 g/mol. The van der Waals surface area contributed by atoms with Crippen molar-refractivity contribution in [1.82, 2.24) is 9.55 Å². The summed E-state index contributed by atoms with van der Waals surface area (Å²) in [6.45, 7) is -0.237. The van der Waals surface area contributed by atoms with E-state index in [1.165, 1.54) is 12.1 Å². The van der Waals surface area contributed by atoms with E-state index in [0.717, 1.165) is 4.57 Å². The molecule has 0 saturated heterocycles. The van der Waals surface area contributed by atoms with Crippen molar-refractivity contribution >= 4 is 22.6 Å². The fraction of sp³-hybridized carbons (Fsp3) is 0.364. The van der Waals surface area contributed by atoms with E-state index in [0.29, 0.717) is 5.52 Å². The molecule has 2 rings (SSSR count). The third kappa shape index (κ3) is 2.44. The van der Waals surface area contributed by atoms with Crippen LogP contribution in [-0.4, -0.2) is 26.6 Å². The highest BCUT2D eigenvalue weighted by Crippen LogP contribution is 2.31. The molecule has 3 nitrogen and oxygen atoms in total. The van der Waals surface area contributed by atoms with Gasteiger partial charge in [0.2, 0.25) is 5.82 Å². The number of aromatic nitrogens is 2. The van der Waals surface area contributed by atoms with Crippen LogP contribution in [0.2, 0.25) is 0 Å². The van der Waals surface area contributed by atoms with Gasteiger partial charge in [0.1, 0.15) is 0 Å². The van der Waals surface area contributed by atoms with E-state index in [9.17, 15) is 18.3 Å². The Bertz CT molecular complexity index is 553. The van der Waals surface area contributed by atoms with Crippen LogP contribution in [-0.2, 0) is 12.7 Å². The first-order chi connectivity index (χ1) is 8.43. The predicted molar refractivity (Wildman–Crippen MR) is 61.5 cm³/mol. The minimum absolute atomic E-state index is 0.135. The van der Waals surface area contributed by atoms with Crippen LogP contribution in [0.25, 0.3) is 11.0 Å². The van der Waals surface area contributed by atoms with Crippen molar-refractivity contribution in [3.8, 4) is 0 Å². The van der Waals surface area contributed by atoms with Crippen LogP contribution in [0.1, 0.15) is 5.82 Å². The van der Waals surface area contributed by atoms with Crippen LogP contribution in [0.5, 0.6) is 0 Å². The number of hydrogen-bond donors (Lipinski definition) is 1. The molecule has 0 amide bonds. The second-order valence-corrected chi connectivity index (χ2v) is 4.15. The Morgan fingerprint density at radius 2 is 2.00 bits per heavy atom. The third-order valence-electron chi connectivity index (χ3n) is 2.48. The van der Waals surface area contributed by atoms with Crippen molar-refractivity contribution in [2.75, 3.05) is 5.88 Å². The van der Waals surface area contributed by atoms with E-state index in [4.69, 9.17) is 11.6 Å². The van der Waals surface area contributed by atoms with Gasteiger partial charge in [0.05, 0.1) is 29.6 Å². The van der Waals surface area contributed by atoms with Gasteiger partial charge in [-0.3, -0.25) is 0 Å². The smallest absolute Gasteiger partial charge is 0.390 e. The third-order valence-corrected chi connectivity index (χ3v) is 2.84. The number of para-hydroxylation sites is 2. The molecule has 0 bridgehead atoms. The highest BCUT2D eigenvalue weighted by Gasteiger charge is 2.37. The van der Waals surface area contributed by atoms with Crippen LogP contribution in [0.3, 0.4) is 0 Å². The van der Waals surface area contributed by atoms with Crippen LogP contribution in [0, 0.1) is 0 Å². The Hall–Kier alpha value is -1.27. The van der Waals surface area contributed by atoms with E-state index in [2.05, 4.69) is 4.98 Å². The molecule has 0 spiro atoms. The minimum atomic E-state index is -4.56. The number of hydrogen-bond acceptors (Lipinski definition) is 2. The molecular weight excluding hydrogens is 269 g/mol. The molecule has 0 saturated carbocycles. The monoisotopic (exact) mass is 278 g/mol. The maximum atomic E-state index is 12.8. The molecule has 0 aliphatic heterocycles. The molecule has 1 atom stereocenters. The molecule has 0 aliphatic carbocycles. The predicted octanol–water partition coefficient (Wildman–Crippen LogP) is 2.65. The number of nitrogens with zero attached hydrogens (tertiary/aromatic N) is 2. The number of imidazole rings is 1. The molecule has 0 fully saturated rings. The largest absolute Gasteiger partial charge is 0.449 e. The molecule has 1 unspecified atom stereocenters. The van der Waals surface area contributed by atoms with Gasteiger partial charge in [-0.1, -0.05) is 12.1 Å². The highest BCUT2D eigenvalue weighted by atomic mass is 35.5. The summed E-state index contributed by atoms with van der Waals surface area (Å²) in [7, 11) is 0. The van der Waals surface area contributed by atoms with Gasteiger partial charge in [-0.05, 0) is 12.1 Å². The molecule has 0 aliphatic rings. The Morgan fingerprint density at radius 3 is 2.61 bits per heavy atom. The summed E-state index contributed by atoms with van der Waals surface area (Å²) < 4.78 is 39.5. The van der Waals surface area contributed by atoms with Gasteiger partial charge in [0.25, 0.3) is 0 Å². The molecule has 1 aromatic carbocycles. The topological polar surface area (TPSA) is 38.0 Å². The summed E-state index contributed by atoms with van der Waals surface area (Å²) in [6, 6.07) is 6.25. The second-order valence-electron chi connectivity index (χ2n) is 3.84. The van der Waals surface area contributed by atoms with Gasteiger partial charge in [0, 0.05) is 0 Å². The highest BCUT2D eigenvalue weighted by molar-refractivity contribution is 6.18. The fourth-order valence-electron chi connectivity index (χ4n) is 1.74. The Morgan fingerprint density at radius 1 is 1.33 bits per heavy atom. The average Bonchev–Trinajstić information content (AvgIpc) is 2.68. The van der Waals surface area contributed by atoms with E-state index in [1.54, 1.807) is 12.1 Å². The second kappa shape index (κ2) is 4.78. The molecule has 2 aromatic rings. The van der Waals surface area contributed by atoms with Gasteiger partial charge < -0.3 is 9.67 Å². The number of benzene rings is 1. The number of alkyl halides is 4. The zero-order chi connectivity index (χ0) is 13.3. The molecule has 98 valence electrons. The normalized spacial score (nSPS) is 14.1. The lowest BCUT2D eigenvalue weighted by Crippen LogP contribution is -2.22. The van der Waals surface area contributed by atoms with Crippen LogP contribution in [0.4, 0.5) is 13.2 Å². The lowest BCUT2D eigenvalue weighted by molar-refractivity contribution is -0.147. The summed E-state index contributed by atoms with van der Waals surface area (Å²) >= 11 is 5.42. The number of fused-ring (bicyclic) bond motifs is 1. The summed E-state index contributed by atoms with van der Waals surface area (Å²) in [4.78, 5) is 3.56. The Balaban J connectivity index is 2.58. The summed E-state index contributed by atoms with van der Waals surface area (Å²) in [5, 5.41) is 9.43. The fourth-order valence-corrected chi connectivity index (χ4v) is 1.83. The molecule has 1 heterocycles. The SMILES string of the molecule is OC(CCl)Cn1c(C(F)(F)F)nc2ccccc21. The van der Waals surface area contributed by atoms with Crippen molar-refractivity contribution in [3.05, 3.63) is 30.1 Å². The van der Waals surface area contributed by atoms with Crippen LogP contribution >= 0.6 is 11.6 Å². The first-order valence-corrected chi connectivity index (χ1v) is 5.73. The lowest BCUT2D eigenvalue weighted by Gasteiger charge is -2.13. The zero-order valence-corrected chi connectivity index (χ0v) is 9.91. The van der Waals surface area contributed by atoms with Crippen LogP contribution in [0.15, 0.2) is 24.3 Å². The number of rotatable bonds is 3. The maximum Gasteiger partial charge on any atom is 0.449 e. The first-order valence-electron chi connectivity index (χ1n) is 5.20. The van der Waals surface area contributed by atoms with E-state index >= 15 is 0 Å². The summed E-state index contributed by atoms with van der Waals surface area (Å²) in [5.74, 6) is -1.16. The molecular formula is C11H10ClF3N2O. The quantitative estimate of drug-likeness (QED) is 0.877. The standard InChI is InChI=1S/C11H10ClF3N2O/c12-5-7(18)6-17-9-4-2-1-3-8(9)16-10(17)11(13,14)15/h1-4,7,18H,5-6H2. The molecule has 18 heavy (non-hydrogen) atoms. The van der Waals surface area contributed by atoms with E-state index < -0.39 is 18.1 Å². The van der Waals surface area contributed by atoms with Gasteiger partial charge in [0.15, 0.2) is 0 Å². The number of halogens is 4. The van der Waals surface area contributed by atoms with Crippen molar-refractivity contribution in [3.63, 3.8) is 0 Å². The molecule has 1 N–H and O–H groups in total. The summed E-state index contributed by atoms with van der Waals surface area (Å²) in [5.41, 5.74) is 0.570. The minimum Gasteiger partial charge on any atom is -0.390 e. The Kier molecular flexibility index (Phi) is 3.49. The zero-order valence-electron chi connectivity index (χ0n) is 9.15. The molecule has 0 radical (unpaired) electrons. The van der Waals surface area contributed by atoms with Crippen molar-refractivity contribution < 1.29 is 18.3 Å². The number of aliphatic hydroxyl groups excluding tert-OH is 1. The van der Waals surface area contributed by atoms with Gasteiger partial charge in [-0.25, -0.2) is 4.98 Å². The summed E-state index contributed by atoms with van der Waals surface area (Å²) in [6.07, 6.45) is -5.62. The van der Waals surface area contributed by atoms with Crippen molar-refractivity contribution in [2.45, 2.75) is 18.8 Å². The Labute approximate surface area is 106 Å². The van der Waals surface area contributed by atoms with Crippen molar-refractivity contribution in [2.24, 2.45) is 0 Å². The van der Waals surface area contributed by atoms with Gasteiger partial charge >= 0.3 is 6.18 Å².